The monoisotopic (exact) mass is 386 g/mol. The first-order valence-electron chi connectivity index (χ1n) is 7.72. The van der Waals surface area contributed by atoms with Gasteiger partial charge in [0.25, 0.3) is 0 Å². The van der Waals surface area contributed by atoms with Crippen LogP contribution in [0.3, 0.4) is 0 Å². The van der Waals surface area contributed by atoms with Gasteiger partial charge >= 0.3 is 6.09 Å². The Hall–Kier alpha value is -1.14. The summed E-state index contributed by atoms with van der Waals surface area (Å²) in [5, 5.41) is 5.98. The van der Waals surface area contributed by atoms with Crippen molar-refractivity contribution >= 4 is 27.7 Å². The minimum absolute atomic E-state index is 0.0302. The van der Waals surface area contributed by atoms with Gasteiger partial charge in [-0.05, 0) is 56.8 Å². The molecule has 1 fully saturated rings. The second kappa shape index (κ2) is 6.40. The van der Waals surface area contributed by atoms with Gasteiger partial charge in [0, 0.05) is 10.5 Å². The van der Waals surface area contributed by atoms with Gasteiger partial charge in [-0.25, -0.2) is 9.18 Å². The highest BCUT2D eigenvalue weighted by atomic mass is 79.9. The van der Waals surface area contributed by atoms with Crippen LogP contribution < -0.4 is 10.6 Å². The second-order valence-electron chi connectivity index (χ2n) is 7.60. The lowest BCUT2D eigenvalue weighted by atomic mass is 9.81. The standard InChI is InChI=1S/C17H24BrFN2O2/c1-16(2,3)23-15(22)21-13-11(8-10(18)9-12(13)19)14-17(4,5)6-7-20-14/h8-9,14,20H,6-7H2,1-5H3,(H,21,22). The number of nitrogens with one attached hydrogen (secondary N) is 2. The van der Waals surface area contributed by atoms with E-state index in [4.69, 9.17) is 4.74 Å². The molecule has 1 aromatic rings. The molecular weight excluding hydrogens is 363 g/mol. The number of carbonyl (C=O) groups excluding carboxylic acids is 1. The molecule has 0 saturated carbocycles. The van der Waals surface area contributed by atoms with Crippen LogP contribution in [0.15, 0.2) is 16.6 Å². The quantitative estimate of drug-likeness (QED) is 0.751. The van der Waals surface area contributed by atoms with Crippen LogP contribution >= 0.6 is 15.9 Å². The van der Waals surface area contributed by atoms with Crippen molar-refractivity contribution in [2.24, 2.45) is 5.41 Å². The van der Waals surface area contributed by atoms with Crippen molar-refractivity contribution in [2.45, 2.75) is 52.7 Å². The number of amides is 1. The molecule has 0 aliphatic carbocycles. The van der Waals surface area contributed by atoms with Gasteiger partial charge in [-0.15, -0.1) is 0 Å². The largest absolute Gasteiger partial charge is 0.444 e. The van der Waals surface area contributed by atoms with E-state index in [9.17, 15) is 9.18 Å². The fourth-order valence-corrected chi connectivity index (χ4v) is 3.30. The van der Waals surface area contributed by atoms with E-state index in [2.05, 4.69) is 40.4 Å². The van der Waals surface area contributed by atoms with Crippen molar-refractivity contribution in [3.63, 3.8) is 0 Å². The first kappa shape index (κ1) is 18.2. The summed E-state index contributed by atoms with van der Waals surface area (Å²) in [7, 11) is 0. The number of benzene rings is 1. The van der Waals surface area contributed by atoms with Crippen LogP contribution in [0, 0.1) is 11.2 Å². The van der Waals surface area contributed by atoms with Gasteiger partial charge in [0.2, 0.25) is 0 Å². The molecule has 128 valence electrons. The average Bonchev–Trinajstić information content (AvgIpc) is 2.69. The third-order valence-electron chi connectivity index (χ3n) is 3.92. The van der Waals surface area contributed by atoms with Crippen LogP contribution in [0.5, 0.6) is 0 Å². The Kier molecular flexibility index (Phi) is 5.06. The number of carbonyl (C=O) groups is 1. The summed E-state index contributed by atoms with van der Waals surface area (Å²) < 4.78 is 20.4. The van der Waals surface area contributed by atoms with Gasteiger partial charge < -0.3 is 10.1 Å². The van der Waals surface area contributed by atoms with Crippen molar-refractivity contribution in [1.82, 2.24) is 5.32 Å². The molecular formula is C17H24BrFN2O2. The number of hydrogen-bond acceptors (Lipinski definition) is 3. The third kappa shape index (κ3) is 4.44. The summed E-state index contributed by atoms with van der Waals surface area (Å²) >= 11 is 3.34. The molecule has 1 aromatic carbocycles. The Balaban J connectivity index is 2.37. The van der Waals surface area contributed by atoms with E-state index in [0.717, 1.165) is 18.5 Å². The predicted octanol–water partition coefficient (Wildman–Crippen LogP) is 5.00. The molecule has 6 heteroatoms. The summed E-state index contributed by atoms with van der Waals surface area (Å²) in [5.74, 6) is -0.482. The topological polar surface area (TPSA) is 50.4 Å². The van der Waals surface area contributed by atoms with Crippen molar-refractivity contribution < 1.29 is 13.9 Å². The maximum Gasteiger partial charge on any atom is 0.412 e. The molecule has 1 unspecified atom stereocenters. The molecule has 4 nitrogen and oxygen atoms in total. The number of anilines is 1. The highest BCUT2D eigenvalue weighted by Gasteiger charge is 2.37. The molecule has 1 amide bonds. The van der Waals surface area contributed by atoms with Gasteiger partial charge in [0.05, 0.1) is 5.69 Å². The van der Waals surface area contributed by atoms with E-state index in [0.29, 0.717) is 4.47 Å². The van der Waals surface area contributed by atoms with E-state index in [1.807, 2.05) is 6.07 Å². The van der Waals surface area contributed by atoms with E-state index in [1.165, 1.54) is 6.07 Å². The molecule has 0 radical (unpaired) electrons. The minimum atomic E-state index is -0.657. The molecule has 1 heterocycles. The lowest BCUT2D eigenvalue weighted by molar-refractivity contribution is 0.0635. The Morgan fingerprint density at radius 3 is 2.61 bits per heavy atom. The van der Waals surface area contributed by atoms with Gasteiger partial charge in [0.1, 0.15) is 11.4 Å². The molecule has 1 atom stereocenters. The average molecular weight is 387 g/mol. The van der Waals surface area contributed by atoms with Crippen molar-refractivity contribution in [3.05, 3.63) is 28.0 Å². The number of hydrogen-bond donors (Lipinski definition) is 2. The molecule has 2 N–H and O–H groups in total. The van der Waals surface area contributed by atoms with E-state index in [1.54, 1.807) is 20.8 Å². The zero-order valence-electron chi connectivity index (χ0n) is 14.2. The highest BCUT2D eigenvalue weighted by molar-refractivity contribution is 9.10. The zero-order chi connectivity index (χ0) is 17.4. The van der Waals surface area contributed by atoms with Crippen LogP contribution in [0.4, 0.5) is 14.9 Å². The summed E-state index contributed by atoms with van der Waals surface area (Å²) in [6, 6.07) is 3.15. The van der Waals surface area contributed by atoms with E-state index in [-0.39, 0.29) is 17.1 Å². The summed E-state index contributed by atoms with van der Waals surface area (Å²) in [6.07, 6.45) is 0.327. The molecule has 1 saturated heterocycles. The zero-order valence-corrected chi connectivity index (χ0v) is 15.8. The Morgan fingerprint density at radius 1 is 1.43 bits per heavy atom. The van der Waals surface area contributed by atoms with Gasteiger partial charge in [-0.2, -0.15) is 0 Å². The normalized spacial score (nSPS) is 20.4. The highest BCUT2D eigenvalue weighted by Crippen LogP contribution is 2.44. The van der Waals surface area contributed by atoms with Crippen molar-refractivity contribution in [1.29, 1.82) is 0 Å². The third-order valence-corrected chi connectivity index (χ3v) is 4.38. The summed E-state index contributed by atoms with van der Waals surface area (Å²) in [5.41, 5.74) is 0.235. The van der Waals surface area contributed by atoms with Crippen LogP contribution in [0.1, 0.15) is 52.6 Å². The van der Waals surface area contributed by atoms with E-state index >= 15 is 0 Å². The first-order chi connectivity index (χ1) is 10.5. The van der Waals surface area contributed by atoms with Gasteiger partial charge in [0.15, 0.2) is 0 Å². The lowest BCUT2D eigenvalue weighted by Crippen LogP contribution is -2.29. The fraction of sp³-hybridized carbons (Fsp3) is 0.588. The molecule has 0 bridgehead atoms. The lowest BCUT2D eigenvalue weighted by Gasteiger charge is -2.29. The molecule has 23 heavy (non-hydrogen) atoms. The molecule has 0 spiro atoms. The Bertz CT molecular complexity index is 611. The molecule has 0 aromatic heterocycles. The van der Waals surface area contributed by atoms with E-state index < -0.39 is 17.5 Å². The number of rotatable bonds is 2. The number of halogens is 2. The molecule has 1 aliphatic rings. The fourth-order valence-electron chi connectivity index (χ4n) is 2.85. The van der Waals surface area contributed by atoms with Crippen molar-refractivity contribution in [3.8, 4) is 0 Å². The summed E-state index contributed by atoms with van der Waals surface area (Å²) in [6.45, 7) is 10.4. The van der Waals surface area contributed by atoms with Crippen LogP contribution in [-0.4, -0.2) is 18.2 Å². The number of ether oxygens (including phenoxy) is 1. The maximum absolute atomic E-state index is 14.5. The molecule has 1 aliphatic heterocycles. The Morgan fingerprint density at radius 2 is 2.09 bits per heavy atom. The van der Waals surface area contributed by atoms with Crippen LogP contribution in [-0.2, 0) is 4.74 Å². The van der Waals surface area contributed by atoms with Gasteiger partial charge in [-0.3, -0.25) is 5.32 Å². The Labute approximate surface area is 145 Å². The van der Waals surface area contributed by atoms with Crippen LogP contribution in [0.2, 0.25) is 0 Å². The maximum atomic E-state index is 14.5. The van der Waals surface area contributed by atoms with Gasteiger partial charge in [-0.1, -0.05) is 29.8 Å². The van der Waals surface area contributed by atoms with Crippen LogP contribution in [0.25, 0.3) is 0 Å². The molecule has 2 rings (SSSR count). The second-order valence-corrected chi connectivity index (χ2v) is 8.52. The SMILES string of the molecule is CC(C)(C)OC(=O)Nc1c(F)cc(Br)cc1C1NCCC1(C)C. The van der Waals surface area contributed by atoms with Crippen molar-refractivity contribution in [2.75, 3.05) is 11.9 Å². The minimum Gasteiger partial charge on any atom is -0.444 e. The smallest absolute Gasteiger partial charge is 0.412 e. The summed E-state index contributed by atoms with van der Waals surface area (Å²) in [4.78, 5) is 12.1. The predicted molar refractivity (Wildman–Crippen MR) is 93.1 cm³/mol. The first-order valence-corrected chi connectivity index (χ1v) is 8.51.